The van der Waals surface area contributed by atoms with Gasteiger partial charge in [-0.05, 0) is 50.7 Å². The molecule has 1 atom stereocenters. The van der Waals surface area contributed by atoms with Crippen molar-refractivity contribution < 1.29 is 9.47 Å². The summed E-state index contributed by atoms with van der Waals surface area (Å²) in [5.41, 5.74) is 1.31. The van der Waals surface area contributed by atoms with E-state index >= 15 is 0 Å². The number of aliphatic imine (C=N–C) groups is 1. The highest BCUT2D eigenvalue weighted by molar-refractivity contribution is 5.79. The summed E-state index contributed by atoms with van der Waals surface area (Å²) in [6, 6.07) is 8.79. The fourth-order valence-corrected chi connectivity index (χ4v) is 3.65. The Balaban J connectivity index is 1.91. The molecule has 29 heavy (non-hydrogen) atoms. The van der Waals surface area contributed by atoms with Gasteiger partial charge in [0.2, 0.25) is 0 Å². The lowest BCUT2D eigenvalue weighted by molar-refractivity contribution is 0.161. The van der Waals surface area contributed by atoms with Crippen LogP contribution in [0.15, 0.2) is 29.3 Å². The summed E-state index contributed by atoms with van der Waals surface area (Å²) in [7, 11) is 7.38. The van der Waals surface area contributed by atoms with Crippen molar-refractivity contribution >= 4 is 5.96 Å². The smallest absolute Gasteiger partial charge is 0.191 e. The maximum Gasteiger partial charge on any atom is 0.191 e. The van der Waals surface area contributed by atoms with Gasteiger partial charge in [0.15, 0.2) is 5.96 Å². The number of benzene rings is 1. The van der Waals surface area contributed by atoms with Crippen molar-refractivity contribution in [2.75, 3.05) is 74.2 Å². The summed E-state index contributed by atoms with van der Waals surface area (Å²) in [6.45, 7) is 6.59. The Hall–Kier alpha value is -1.83. The molecule has 1 heterocycles. The van der Waals surface area contributed by atoms with Crippen molar-refractivity contribution in [3.8, 4) is 5.75 Å². The molecular formula is C22H39N5O2. The monoisotopic (exact) mass is 405 g/mol. The van der Waals surface area contributed by atoms with Gasteiger partial charge in [0.25, 0.3) is 0 Å². The van der Waals surface area contributed by atoms with E-state index in [0.717, 1.165) is 57.6 Å². The summed E-state index contributed by atoms with van der Waals surface area (Å²) in [4.78, 5) is 9.23. The van der Waals surface area contributed by atoms with Crippen LogP contribution in [0.1, 0.15) is 30.9 Å². The summed E-state index contributed by atoms with van der Waals surface area (Å²) >= 11 is 0. The number of guanidine groups is 1. The van der Waals surface area contributed by atoms with Gasteiger partial charge in [-0.1, -0.05) is 18.6 Å². The number of hydrogen-bond acceptors (Lipinski definition) is 5. The van der Waals surface area contributed by atoms with Gasteiger partial charge in [-0.3, -0.25) is 9.89 Å². The van der Waals surface area contributed by atoms with Gasteiger partial charge in [0, 0.05) is 40.3 Å². The first-order valence-electron chi connectivity index (χ1n) is 10.7. The molecule has 1 unspecified atom stereocenters. The molecule has 1 aromatic rings. The van der Waals surface area contributed by atoms with Crippen molar-refractivity contribution in [2.45, 2.75) is 25.3 Å². The first kappa shape index (κ1) is 23.4. The van der Waals surface area contributed by atoms with Crippen LogP contribution in [0.4, 0.5) is 0 Å². The van der Waals surface area contributed by atoms with E-state index in [1.54, 1.807) is 14.2 Å². The van der Waals surface area contributed by atoms with Crippen LogP contribution in [0.5, 0.6) is 5.75 Å². The zero-order valence-electron chi connectivity index (χ0n) is 18.6. The number of rotatable bonds is 11. The van der Waals surface area contributed by atoms with E-state index in [1.807, 2.05) is 7.05 Å². The third-order valence-electron chi connectivity index (χ3n) is 5.48. The van der Waals surface area contributed by atoms with Crippen LogP contribution in [-0.2, 0) is 4.74 Å². The first-order chi connectivity index (χ1) is 14.2. The van der Waals surface area contributed by atoms with Gasteiger partial charge in [0.1, 0.15) is 5.75 Å². The Labute approximate surface area is 176 Å². The fraction of sp³-hybridized carbons (Fsp3) is 0.682. The quantitative estimate of drug-likeness (QED) is 0.434. The van der Waals surface area contributed by atoms with Gasteiger partial charge in [-0.2, -0.15) is 0 Å². The lowest BCUT2D eigenvalue weighted by Gasteiger charge is -2.35. The molecule has 1 saturated heterocycles. The molecule has 0 aromatic heterocycles. The Morgan fingerprint density at radius 1 is 1.10 bits per heavy atom. The molecule has 1 fully saturated rings. The second-order valence-corrected chi connectivity index (χ2v) is 7.56. The van der Waals surface area contributed by atoms with E-state index in [1.165, 1.54) is 24.8 Å². The van der Waals surface area contributed by atoms with Gasteiger partial charge >= 0.3 is 0 Å². The lowest BCUT2D eigenvalue weighted by Crippen LogP contribution is -2.46. The molecule has 0 saturated carbocycles. The third kappa shape index (κ3) is 8.20. The number of nitrogens with zero attached hydrogens (tertiary/aromatic N) is 3. The predicted molar refractivity (Wildman–Crippen MR) is 120 cm³/mol. The summed E-state index contributed by atoms with van der Waals surface area (Å²) in [5.74, 6) is 1.75. The highest BCUT2D eigenvalue weighted by Crippen LogP contribution is 2.25. The van der Waals surface area contributed by atoms with Crippen molar-refractivity contribution in [3.63, 3.8) is 0 Å². The first-order valence-corrected chi connectivity index (χ1v) is 10.7. The molecule has 1 aliphatic rings. The summed E-state index contributed by atoms with van der Waals surface area (Å²) in [6.07, 6.45) is 3.87. The predicted octanol–water partition coefficient (Wildman–Crippen LogP) is 1.97. The molecule has 7 heteroatoms. The molecule has 2 N–H and O–H groups in total. The van der Waals surface area contributed by atoms with Crippen LogP contribution in [-0.4, -0.2) is 89.9 Å². The lowest BCUT2D eigenvalue weighted by atomic mass is 10.0. The van der Waals surface area contributed by atoms with Crippen LogP contribution in [0.2, 0.25) is 0 Å². The zero-order valence-corrected chi connectivity index (χ0v) is 18.6. The Kier molecular flexibility index (Phi) is 10.8. The van der Waals surface area contributed by atoms with Crippen molar-refractivity contribution in [2.24, 2.45) is 4.99 Å². The van der Waals surface area contributed by atoms with Crippen LogP contribution in [0, 0.1) is 0 Å². The molecule has 0 amide bonds. The standard InChI is InChI=1S/C22H39N5O2/c1-23-22(24-12-15-26(2)16-17-28-3)25-18-21(27-13-6-5-7-14-27)19-8-10-20(29-4)11-9-19/h8-11,21H,5-7,12-18H2,1-4H3,(H2,23,24,25). The van der Waals surface area contributed by atoms with Crippen LogP contribution in [0.25, 0.3) is 0 Å². The minimum atomic E-state index is 0.323. The highest BCUT2D eigenvalue weighted by atomic mass is 16.5. The minimum absolute atomic E-state index is 0.323. The normalized spacial score (nSPS) is 16.7. The van der Waals surface area contributed by atoms with E-state index in [9.17, 15) is 0 Å². The number of likely N-dealkylation sites (tertiary alicyclic amines) is 1. The minimum Gasteiger partial charge on any atom is -0.497 e. The van der Waals surface area contributed by atoms with E-state index in [2.05, 4.69) is 56.7 Å². The highest BCUT2D eigenvalue weighted by Gasteiger charge is 2.22. The van der Waals surface area contributed by atoms with Crippen LogP contribution >= 0.6 is 0 Å². The van der Waals surface area contributed by atoms with Gasteiger partial charge in [-0.15, -0.1) is 0 Å². The molecule has 0 spiro atoms. The van der Waals surface area contributed by atoms with Crippen molar-refractivity contribution in [1.82, 2.24) is 20.4 Å². The molecule has 0 bridgehead atoms. The summed E-state index contributed by atoms with van der Waals surface area (Å²) < 4.78 is 10.5. The van der Waals surface area contributed by atoms with E-state index in [4.69, 9.17) is 9.47 Å². The third-order valence-corrected chi connectivity index (χ3v) is 5.48. The molecule has 0 aliphatic carbocycles. The topological polar surface area (TPSA) is 61.4 Å². The Bertz CT molecular complexity index is 587. The zero-order chi connectivity index (χ0) is 20.9. The maximum absolute atomic E-state index is 5.33. The number of piperidine rings is 1. The largest absolute Gasteiger partial charge is 0.497 e. The van der Waals surface area contributed by atoms with Gasteiger partial charge in [0.05, 0.1) is 19.8 Å². The average Bonchev–Trinajstić information content (AvgIpc) is 2.77. The number of nitrogens with one attached hydrogen (secondary N) is 2. The van der Waals surface area contributed by atoms with Gasteiger partial charge < -0.3 is 25.0 Å². The molecule has 164 valence electrons. The van der Waals surface area contributed by atoms with E-state index in [0.29, 0.717) is 6.04 Å². The molecule has 1 aliphatic heterocycles. The number of hydrogen-bond donors (Lipinski definition) is 2. The Morgan fingerprint density at radius 2 is 1.83 bits per heavy atom. The van der Waals surface area contributed by atoms with Crippen LogP contribution < -0.4 is 15.4 Å². The van der Waals surface area contributed by atoms with Crippen LogP contribution in [0.3, 0.4) is 0 Å². The van der Waals surface area contributed by atoms with E-state index in [-0.39, 0.29) is 0 Å². The second kappa shape index (κ2) is 13.4. The number of methoxy groups -OCH3 is 2. The van der Waals surface area contributed by atoms with E-state index < -0.39 is 0 Å². The van der Waals surface area contributed by atoms with Crippen molar-refractivity contribution in [1.29, 1.82) is 0 Å². The molecule has 7 nitrogen and oxygen atoms in total. The molecule has 0 radical (unpaired) electrons. The molecule has 1 aromatic carbocycles. The molecule has 2 rings (SSSR count). The average molecular weight is 406 g/mol. The molecular weight excluding hydrogens is 366 g/mol. The summed E-state index contributed by atoms with van der Waals surface area (Å²) in [5, 5.41) is 6.96. The SMILES string of the molecule is CN=C(NCCN(C)CCOC)NCC(c1ccc(OC)cc1)N1CCCCC1. The fourth-order valence-electron chi connectivity index (χ4n) is 3.65. The van der Waals surface area contributed by atoms with Gasteiger partial charge in [-0.25, -0.2) is 0 Å². The Morgan fingerprint density at radius 3 is 2.45 bits per heavy atom. The number of ether oxygens (including phenoxy) is 2. The number of likely N-dealkylation sites (N-methyl/N-ethyl adjacent to an activating group) is 1. The second-order valence-electron chi connectivity index (χ2n) is 7.56. The van der Waals surface area contributed by atoms with Crippen molar-refractivity contribution in [3.05, 3.63) is 29.8 Å². The maximum atomic E-state index is 5.33.